The van der Waals surface area contributed by atoms with Crippen molar-refractivity contribution >= 4 is 52.8 Å². The lowest BCUT2D eigenvalue weighted by atomic mass is 9.99. The Morgan fingerprint density at radius 2 is 1.52 bits per heavy atom. The first-order valence-corrected chi connectivity index (χ1v) is 15.3. The van der Waals surface area contributed by atoms with Gasteiger partial charge in [-0.2, -0.15) is 0 Å². The lowest BCUT2D eigenvalue weighted by Crippen LogP contribution is -2.19. The molecule has 0 aliphatic heterocycles. The number of ether oxygens (including phenoxy) is 2. The van der Waals surface area contributed by atoms with E-state index in [1.807, 2.05) is 58.4 Å². The van der Waals surface area contributed by atoms with E-state index in [-0.39, 0.29) is 17.9 Å². The molecule has 0 aliphatic rings. The number of rotatable bonds is 10. The molecule has 2 aromatic rings. The van der Waals surface area contributed by atoms with Crippen LogP contribution in [0.25, 0.3) is 0 Å². The van der Waals surface area contributed by atoms with Gasteiger partial charge in [0.2, 0.25) is 0 Å². The molecule has 2 rings (SSSR count). The third-order valence-corrected chi connectivity index (χ3v) is 6.04. The SMILES string of the molecule is CC.CCCC.CCN(Sc1ccc(NC(=O)COC(C)=O)cc1)c1ccc(N(C)C)c(N=CC(C)(C)C)c1.COC. The van der Waals surface area contributed by atoms with E-state index in [9.17, 15) is 9.59 Å². The standard InChI is InChI=1S/C25H34N4O3S.C4H10.C2H6O.C2H6/c1-8-29(20-11-14-23(28(6)7)22(15-20)26-17-25(3,4)5)33-21-12-9-19(10-13-21)27-24(31)16-32-18(2)30;1-3-4-2;1-3-2;1-2/h9-15,17H,8,16H2,1-7H3,(H,27,31);3-4H2,1-2H3;1-2H3;1-2H3. The Labute approximate surface area is 260 Å². The third-order valence-electron chi connectivity index (χ3n) is 4.87. The normalized spacial score (nSPS) is 10.2. The van der Waals surface area contributed by atoms with Crippen LogP contribution >= 0.6 is 11.9 Å². The van der Waals surface area contributed by atoms with E-state index >= 15 is 0 Å². The predicted octanol–water partition coefficient (Wildman–Crippen LogP) is 8.63. The second-order valence-corrected chi connectivity index (χ2v) is 11.3. The van der Waals surface area contributed by atoms with Gasteiger partial charge in [-0.15, -0.1) is 0 Å². The van der Waals surface area contributed by atoms with Crippen LogP contribution in [0.15, 0.2) is 52.4 Å². The molecule has 42 heavy (non-hydrogen) atoms. The summed E-state index contributed by atoms with van der Waals surface area (Å²) >= 11 is 1.62. The number of hydrogen-bond acceptors (Lipinski definition) is 8. The van der Waals surface area contributed by atoms with Crippen LogP contribution in [0.4, 0.5) is 22.7 Å². The monoisotopic (exact) mass is 604 g/mol. The number of nitrogens with zero attached hydrogens (tertiary/aromatic N) is 3. The van der Waals surface area contributed by atoms with Gasteiger partial charge in [0.15, 0.2) is 6.61 Å². The number of anilines is 3. The molecule has 2 aromatic carbocycles. The fourth-order valence-corrected chi connectivity index (χ4v) is 3.66. The molecule has 9 heteroatoms. The summed E-state index contributed by atoms with van der Waals surface area (Å²) in [6.07, 6.45) is 4.62. The third kappa shape index (κ3) is 19.1. The number of hydrogen-bond donors (Lipinski definition) is 1. The number of nitrogens with one attached hydrogen (secondary N) is 1. The van der Waals surface area contributed by atoms with E-state index in [0.717, 1.165) is 28.5 Å². The second kappa shape index (κ2) is 23.5. The largest absolute Gasteiger partial charge is 0.456 e. The molecule has 1 amide bonds. The van der Waals surface area contributed by atoms with Crippen LogP contribution in [0.5, 0.6) is 0 Å². The Kier molecular flexibility index (Phi) is 23.0. The lowest BCUT2D eigenvalue weighted by molar-refractivity contribution is -0.144. The van der Waals surface area contributed by atoms with Crippen LogP contribution in [-0.2, 0) is 19.1 Å². The maximum Gasteiger partial charge on any atom is 0.303 e. The number of methoxy groups -OCH3 is 1. The topological polar surface area (TPSA) is 83.5 Å². The van der Waals surface area contributed by atoms with Gasteiger partial charge in [0.1, 0.15) is 0 Å². The summed E-state index contributed by atoms with van der Waals surface area (Å²) in [7, 11) is 7.29. The van der Waals surface area contributed by atoms with Crippen LogP contribution in [-0.4, -0.2) is 59.6 Å². The van der Waals surface area contributed by atoms with Crippen molar-refractivity contribution in [3.05, 3.63) is 42.5 Å². The van der Waals surface area contributed by atoms with Crippen LogP contribution in [0.3, 0.4) is 0 Å². The molecule has 0 spiro atoms. The quantitative estimate of drug-likeness (QED) is 0.165. The Morgan fingerprint density at radius 1 is 0.976 bits per heavy atom. The smallest absolute Gasteiger partial charge is 0.303 e. The summed E-state index contributed by atoms with van der Waals surface area (Å²) in [6, 6.07) is 13.9. The van der Waals surface area contributed by atoms with E-state index in [1.54, 1.807) is 26.2 Å². The zero-order chi connectivity index (χ0) is 32.7. The van der Waals surface area contributed by atoms with Crippen molar-refractivity contribution in [2.45, 2.75) is 80.1 Å². The van der Waals surface area contributed by atoms with Gasteiger partial charge >= 0.3 is 5.97 Å². The summed E-state index contributed by atoms with van der Waals surface area (Å²) in [5.74, 6) is -0.854. The van der Waals surface area contributed by atoms with Gasteiger partial charge in [-0.3, -0.25) is 14.6 Å². The highest BCUT2D eigenvalue weighted by Crippen LogP contribution is 2.36. The average Bonchev–Trinajstić information content (AvgIpc) is 2.95. The fraction of sp³-hybridized carbons (Fsp3) is 0.545. The first-order chi connectivity index (χ1) is 19.8. The molecule has 0 saturated heterocycles. The molecule has 0 aromatic heterocycles. The Morgan fingerprint density at radius 3 is 1.95 bits per heavy atom. The number of carbonyl (C=O) groups excluding carboxylic acids is 2. The van der Waals surface area contributed by atoms with E-state index in [0.29, 0.717) is 5.69 Å². The van der Waals surface area contributed by atoms with Gasteiger partial charge < -0.3 is 24.0 Å². The van der Waals surface area contributed by atoms with Crippen molar-refractivity contribution in [2.24, 2.45) is 10.4 Å². The van der Waals surface area contributed by atoms with Crippen molar-refractivity contribution in [2.75, 3.05) is 56.0 Å². The van der Waals surface area contributed by atoms with Gasteiger partial charge in [0, 0.05) is 64.3 Å². The van der Waals surface area contributed by atoms with Crippen LogP contribution in [0.1, 0.15) is 75.2 Å². The average molecular weight is 605 g/mol. The Hall–Kier alpha value is -3.04. The van der Waals surface area contributed by atoms with Crippen molar-refractivity contribution < 1.29 is 19.1 Å². The number of unbranched alkanes of at least 4 members (excludes halogenated alkanes) is 1. The molecular weight excluding hydrogens is 548 g/mol. The minimum absolute atomic E-state index is 0.00581. The van der Waals surface area contributed by atoms with Gasteiger partial charge in [0.25, 0.3) is 5.91 Å². The summed E-state index contributed by atoms with van der Waals surface area (Å²) in [6.45, 7) is 18.6. The number of esters is 1. The highest BCUT2D eigenvalue weighted by atomic mass is 32.2. The molecular formula is C33H56N4O4S. The maximum absolute atomic E-state index is 11.8. The number of aliphatic imine (C=N–C) groups is 1. The van der Waals surface area contributed by atoms with Crippen LogP contribution in [0.2, 0.25) is 0 Å². The molecule has 0 saturated carbocycles. The first-order valence-electron chi connectivity index (χ1n) is 14.6. The van der Waals surface area contributed by atoms with Gasteiger partial charge in [-0.05, 0) is 66.8 Å². The molecule has 0 aliphatic carbocycles. The molecule has 1 N–H and O–H groups in total. The molecule has 0 bridgehead atoms. The minimum atomic E-state index is -0.484. The summed E-state index contributed by atoms with van der Waals surface area (Å²) in [4.78, 5) is 30.5. The van der Waals surface area contributed by atoms with Crippen molar-refractivity contribution in [1.29, 1.82) is 0 Å². The number of amides is 1. The highest BCUT2D eigenvalue weighted by molar-refractivity contribution is 8.00. The van der Waals surface area contributed by atoms with E-state index < -0.39 is 5.97 Å². The molecule has 0 fully saturated rings. The molecule has 8 nitrogen and oxygen atoms in total. The lowest BCUT2D eigenvalue weighted by Gasteiger charge is -2.24. The van der Waals surface area contributed by atoms with E-state index in [2.05, 4.69) is 79.0 Å². The predicted molar refractivity (Wildman–Crippen MR) is 184 cm³/mol. The molecule has 0 atom stereocenters. The number of carbonyl (C=O) groups is 2. The zero-order valence-electron chi connectivity index (χ0n) is 28.3. The van der Waals surface area contributed by atoms with Crippen molar-refractivity contribution in [3.8, 4) is 0 Å². The highest BCUT2D eigenvalue weighted by Gasteiger charge is 2.13. The Balaban J connectivity index is 0. The number of benzene rings is 2. The van der Waals surface area contributed by atoms with Crippen LogP contribution < -0.4 is 14.5 Å². The van der Waals surface area contributed by atoms with E-state index in [1.165, 1.54) is 19.8 Å². The van der Waals surface area contributed by atoms with Gasteiger partial charge in [-0.1, -0.05) is 61.3 Å². The van der Waals surface area contributed by atoms with E-state index in [4.69, 9.17) is 9.73 Å². The Bertz CT molecular complexity index is 1030. The molecule has 0 unspecified atom stereocenters. The second-order valence-electron chi connectivity index (χ2n) is 10.2. The first kappa shape index (κ1) is 41.1. The zero-order valence-corrected chi connectivity index (χ0v) is 29.1. The maximum atomic E-state index is 11.8. The molecule has 0 radical (unpaired) electrons. The van der Waals surface area contributed by atoms with Crippen molar-refractivity contribution in [3.63, 3.8) is 0 Å². The minimum Gasteiger partial charge on any atom is -0.456 e. The van der Waals surface area contributed by atoms with Gasteiger partial charge in [0.05, 0.1) is 11.4 Å². The van der Waals surface area contributed by atoms with Crippen LogP contribution in [0, 0.1) is 5.41 Å². The molecule has 238 valence electrons. The summed E-state index contributed by atoms with van der Waals surface area (Å²) < 4.78 is 11.2. The summed E-state index contributed by atoms with van der Waals surface area (Å²) in [5, 5.41) is 2.71. The fourth-order valence-electron chi connectivity index (χ4n) is 2.80. The van der Waals surface area contributed by atoms with Crippen molar-refractivity contribution in [1.82, 2.24) is 0 Å². The summed E-state index contributed by atoms with van der Waals surface area (Å²) in [5.41, 5.74) is 3.70. The molecule has 0 heterocycles. The van der Waals surface area contributed by atoms with Gasteiger partial charge in [-0.25, -0.2) is 0 Å².